The Hall–Kier alpha value is -1.27. The molecule has 1 saturated heterocycles. The minimum absolute atomic E-state index is 0.111. The van der Waals surface area contributed by atoms with Crippen molar-refractivity contribution in [3.63, 3.8) is 0 Å². The first-order valence-corrected chi connectivity index (χ1v) is 12.9. The van der Waals surface area contributed by atoms with Crippen LogP contribution in [0.1, 0.15) is 70.6 Å². The maximum atomic E-state index is 13.3. The first kappa shape index (κ1) is 21.6. The van der Waals surface area contributed by atoms with Crippen LogP contribution in [0.4, 0.5) is 0 Å². The van der Waals surface area contributed by atoms with Gasteiger partial charge < -0.3 is 24.8 Å². The molecule has 3 aliphatic carbocycles. The van der Waals surface area contributed by atoms with Crippen LogP contribution in [0.5, 0.6) is 0 Å². The van der Waals surface area contributed by atoms with Gasteiger partial charge in [-0.05, 0) is 62.9 Å². The second-order valence-corrected chi connectivity index (χ2v) is 10.6. The highest BCUT2D eigenvalue weighted by molar-refractivity contribution is 5.79. The van der Waals surface area contributed by atoms with E-state index in [1.165, 1.54) is 38.5 Å². The van der Waals surface area contributed by atoms with Gasteiger partial charge in [0.1, 0.15) is 24.7 Å². The van der Waals surface area contributed by atoms with E-state index in [1.807, 2.05) is 0 Å². The summed E-state index contributed by atoms with van der Waals surface area (Å²) in [6.07, 6.45) is 11.7. The maximum Gasteiger partial charge on any atom is 0.223 e. The molecule has 31 heavy (non-hydrogen) atoms. The molecule has 0 spiro atoms. The van der Waals surface area contributed by atoms with E-state index in [-0.39, 0.29) is 23.8 Å². The zero-order chi connectivity index (χ0) is 21.2. The number of likely N-dealkylation sites (tertiary alicyclic amines) is 1. The summed E-state index contributed by atoms with van der Waals surface area (Å²) < 4.78 is 11.6. The van der Waals surface area contributed by atoms with E-state index >= 15 is 0 Å². The number of nitrogens with zero attached hydrogens (tertiary/aromatic N) is 1. The molecule has 5 rings (SSSR count). The fourth-order valence-electron chi connectivity index (χ4n) is 6.88. The van der Waals surface area contributed by atoms with E-state index < -0.39 is 6.10 Å². The number of hydrogen-bond donors (Lipinski definition) is 2. The Bertz CT molecular complexity index is 660. The van der Waals surface area contributed by atoms with E-state index in [4.69, 9.17) is 9.47 Å². The predicted molar refractivity (Wildman–Crippen MR) is 118 cm³/mol. The van der Waals surface area contributed by atoms with Gasteiger partial charge in [0, 0.05) is 25.3 Å². The van der Waals surface area contributed by atoms with Crippen LogP contribution in [-0.4, -0.2) is 60.9 Å². The summed E-state index contributed by atoms with van der Waals surface area (Å²) in [5, 5.41) is 14.8. The normalized spacial score (nSPS) is 35.5. The summed E-state index contributed by atoms with van der Waals surface area (Å²) >= 11 is 0. The van der Waals surface area contributed by atoms with Crippen LogP contribution in [-0.2, 0) is 14.3 Å². The second-order valence-electron chi connectivity index (χ2n) is 10.6. The number of aliphatic hydroxyl groups excluding tert-OH is 1. The molecular weight excluding hydrogens is 392 g/mol. The molecule has 0 radical (unpaired) electrons. The number of amides is 1. The van der Waals surface area contributed by atoms with Gasteiger partial charge in [0.2, 0.25) is 5.91 Å². The number of rotatable bonds is 6. The van der Waals surface area contributed by atoms with Gasteiger partial charge >= 0.3 is 0 Å². The number of aliphatic hydroxyl groups is 1. The van der Waals surface area contributed by atoms with Crippen molar-refractivity contribution in [2.45, 2.75) is 82.8 Å². The van der Waals surface area contributed by atoms with Crippen molar-refractivity contribution in [3.05, 3.63) is 11.5 Å². The van der Waals surface area contributed by atoms with Gasteiger partial charge in [-0.15, -0.1) is 0 Å². The zero-order valence-electron chi connectivity index (χ0n) is 18.9. The number of hydrogen-bond acceptors (Lipinski definition) is 5. The predicted octanol–water partition coefficient (Wildman–Crippen LogP) is 3.20. The number of carbonyl (C=O) groups is 1. The van der Waals surface area contributed by atoms with E-state index in [2.05, 4.69) is 10.2 Å². The van der Waals surface area contributed by atoms with Crippen molar-refractivity contribution in [1.29, 1.82) is 0 Å². The minimum Gasteiger partial charge on any atom is -0.491 e. The van der Waals surface area contributed by atoms with Gasteiger partial charge in [0.15, 0.2) is 0 Å². The summed E-state index contributed by atoms with van der Waals surface area (Å²) in [6.45, 7) is 4.13. The van der Waals surface area contributed by atoms with Gasteiger partial charge in [-0.1, -0.05) is 25.7 Å². The summed E-state index contributed by atoms with van der Waals surface area (Å²) in [5.41, 5.74) is 0. The molecule has 3 unspecified atom stereocenters. The van der Waals surface area contributed by atoms with Crippen molar-refractivity contribution in [3.8, 4) is 0 Å². The molecule has 174 valence electrons. The molecular formula is C25H40N2O4. The Morgan fingerprint density at radius 2 is 1.68 bits per heavy atom. The number of ether oxygens (including phenoxy) is 2. The van der Waals surface area contributed by atoms with Crippen LogP contribution >= 0.6 is 0 Å². The highest BCUT2D eigenvalue weighted by Crippen LogP contribution is 2.45. The molecule has 2 heterocycles. The summed E-state index contributed by atoms with van der Waals surface area (Å²) in [6, 6.07) is -0.204. The molecule has 2 N–H and O–H groups in total. The molecule has 5 atom stereocenters. The van der Waals surface area contributed by atoms with E-state index in [0.29, 0.717) is 13.2 Å². The molecule has 0 aromatic carbocycles. The summed E-state index contributed by atoms with van der Waals surface area (Å²) in [7, 11) is 0. The third kappa shape index (κ3) is 4.90. The van der Waals surface area contributed by atoms with Crippen molar-refractivity contribution < 1.29 is 19.4 Å². The lowest BCUT2D eigenvalue weighted by atomic mass is 9.82. The fourth-order valence-corrected chi connectivity index (χ4v) is 6.88. The number of allylic oxidation sites excluding steroid dienone is 2. The lowest BCUT2D eigenvalue weighted by Crippen LogP contribution is -2.53. The Kier molecular flexibility index (Phi) is 6.75. The first-order valence-electron chi connectivity index (χ1n) is 12.9. The molecule has 0 aromatic rings. The van der Waals surface area contributed by atoms with Gasteiger partial charge in [0.25, 0.3) is 0 Å². The summed E-state index contributed by atoms with van der Waals surface area (Å²) in [4.78, 5) is 15.7. The highest BCUT2D eigenvalue weighted by Gasteiger charge is 2.41. The van der Waals surface area contributed by atoms with Gasteiger partial charge in [-0.2, -0.15) is 0 Å². The van der Waals surface area contributed by atoms with Crippen LogP contribution in [0, 0.1) is 23.7 Å². The minimum atomic E-state index is -0.548. The monoisotopic (exact) mass is 432 g/mol. The van der Waals surface area contributed by atoms with Crippen LogP contribution in [0.25, 0.3) is 0 Å². The van der Waals surface area contributed by atoms with Gasteiger partial charge in [0.05, 0.1) is 12.1 Å². The zero-order valence-corrected chi connectivity index (χ0v) is 18.9. The molecule has 0 aromatic heterocycles. The number of nitrogens with one attached hydrogen (secondary N) is 1. The SMILES string of the molecule is O=C(N[C@H](CN1CCCC1)[C@H](O)C1CCC2=C(C1)OCCO2)C1CC2CCCCC2C1. The Labute approximate surface area is 186 Å². The molecule has 1 amide bonds. The average molecular weight is 433 g/mol. The van der Waals surface area contributed by atoms with Crippen molar-refractivity contribution in [2.75, 3.05) is 32.8 Å². The Morgan fingerprint density at radius 1 is 1.00 bits per heavy atom. The highest BCUT2D eigenvalue weighted by atomic mass is 16.6. The molecule has 3 fully saturated rings. The molecule has 5 aliphatic rings. The Morgan fingerprint density at radius 3 is 2.39 bits per heavy atom. The topological polar surface area (TPSA) is 71.0 Å². The standard InChI is InChI=1S/C25H40N2O4/c28-24(19-7-8-22-23(15-19)31-12-11-30-22)21(16-27-9-3-4-10-27)26-25(29)20-13-17-5-1-2-6-18(17)14-20/h17-21,24,28H,1-16H2,(H,26,29)/t17?,18?,19?,20?,21-,24-/m1/s1. The second kappa shape index (κ2) is 9.70. The molecule has 0 bridgehead atoms. The lowest BCUT2D eigenvalue weighted by Gasteiger charge is -2.37. The molecule has 6 heteroatoms. The van der Waals surface area contributed by atoms with Crippen molar-refractivity contribution >= 4 is 5.91 Å². The van der Waals surface area contributed by atoms with E-state index in [9.17, 15) is 9.90 Å². The van der Waals surface area contributed by atoms with Crippen LogP contribution in [0.15, 0.2) is 11.5 Å². The maximum absolute atomic E-state index is 13.3. The van der Waals surface area contributed by atoms with E-state index in [1.54, 1.807) is 0 Å². The van der Waals surface area contributed by atoms with Crippen LogP contribution in [0.2, 0.25) is 0 Å². The van der Waals surface area contributed by atoms with Gasteiger partial charge in [-0.25, -0.2) is 0 Å². The number of fused-ring (bicyclic) bond motifs is 1. The summed E-state index contributed by atoms with van der Waals surface area (Å²) in [5.74, 6) is 3.83. The van der Waals surface area contributed by atoms with Crippen LogP contribution in [0.3, 0.4) is 0 Å². The van der Waals surface area contributed by atoms with Crippen molar-refractivity contribution in [2.24, 2.45) is 23.7 Å². The fraction of sp³-hybridized carbons (Fsp3) is 0.880. The Balaban J connectivity index is 1.24. The smallest absolute Gasteiger partial charge is 0.223 e. The number of carbonyl (C=O) groups excluding carboxylic acids is 1. The van der Waals surface area contributed by atoms with Crippen LogP contribution < -0.4 is 5.32 Å². The molecule has 2 aliphatic heterocycles. The molecule has 6 nitrogen and oxygen atoms in total. The first-order chi connectivity index (χ1) is 15.2. The molecule has 2 saturated carbocycles. The third-order valence-corrected chi connectivity index (χ3v) is 8.62. The van der Waals surface area contributed by atoms with Gasteiger partial charge in [-0.3, -0.25) is 4.79 Å². The van der Waals surface area contributed by atoms with Crippen molar-refractivity contribution in [1.82, 2.24) is 10.2 Å². The largest absolute Gasteiger partial charge is 0.491 e. The third-order valence-electron chi connectivity index (χ3n) is 8.62. The average Bonchev–Trinajstić information content (AvgIpc) is 3.47. The quantitative estimate of drug-likeness (QED) is 0.674. The lowest BCUT2D eigenvalue weighted by molar-refractivity contribution is -0.127. The van der Waals surface area contributed by atoms with E-state index in [0.717, 1.165) is 75.1 Å².